The Morgan fingerprint density at radius 2 is 2.05 bits per heavy atom. The highest BCUT2D eigenvalue weighted by atomic mass is 16.5. The van der Waals surface area contributed by atoms with E-state index in [1.807, 2.05) is 6.07 Å². The van der Waals surface area contributed by atoms with Gasteiger partial charge in [-0.15, -0.1) is 0 Å². The lowest BCUT2D eigenvalue weighted by molar-refractivity contribution is 0.0527. The van der Waals surface area contributed by atoms with Gasteiger partial charge in [-0.2, -0.15) is 0 Å². The summed E-state index contributed by atoms with van der Waals surface area (Å²) in [5.74, 6) is -0.316. The molecule has 4 heteroatoms. The predicted octanol–water partition coefficient (Wildman–Crippen LogP) is 3.83. The van der Waals surface area contributed by atoms with Crippen LogP contribution in [0.2, 0.25) is 0 Å². The Morgan fingerprint density at radius 1 is 1.38 bits per heavy atom. The van der Waals surface area contributed by atoms with E-state index in [9.17, 15) is 4.79 Å². The number of hydrogen-bond donors (Lipinski definition) is 2. The summed E-state index contributed by atoms with van der Waals surface area (Å²) >= 11 is 0. The van der Waals surface area contributed by atoms with Crippen molar-refractivity contribution in [2.45, 2.75) is 52.5 Å². The number of hydrogen-bond acceptors (Lipinski definition) is 4. The molecular formula is C17H26N2O2. The Bertz CT molecular complexity index is 502. The van der Waals surface area contributed by atoms with Gasteiger partial charge in [0, 0.05) is 6.04 Å². The molecule has 0 heterocycles. The molecule has 1 fully saturated rings. The highest BCUT2D eigenvalue weighted by Crippen LogP contribution is 2.37. The van der Waals surface area contributed by atoms with Crippen molar-refractivity contribution >= 4 is 17.3 Å². The number of nitrogen functional groups attached to an aromatic ring is 1. The highest BCUT2D eigenvalue weighted by Gasteiger charge is 2.27. The van der Waals surface area contributed by atoms with E-state index in [-0.39, 0.29) is 5.97 Å². The van der Waals surface area contributed by atoms with Crippen molar-refractivity contribution in [2.75, 3.05) is 17.7 Å². The molecule has 0 radical (unpaired) electrons. The standard InChI is InChI=1S/C17H26N2O2/c1-4-21-16(20)13-6-5-7-14(18)15(13)19-12-8-10-17(2,3)11-9-12/h5-7,12,19H,4,8-11,18H2,1-3H3. The topological polar surface area (TPSA) is 64.3 Å². The molecule has 4 nitrogen and oxygen atoms in total. The van der Waals surface area contributed by atoms with Gasteiger partial charge in [0.1, 0.15) is 0 Å². The molecule has 0 aromatic heterocycles. The third-order valence-corrected chi connectivity index (χ3v) is 4.28. The van der Waals surface area contributed by atoms with Gasteiger partial charge in [-0.05, 0) is 50.2 Å². The van der Waals surface area contributed by atoms with Gasteiger partial charge < -0.3 is 15.8 Å². The molecule has 0 unspecified atom stereocenters. The van der Waals surface area contributed by atoms with Crippen LogP contribution in [0.25, 0.3) is 0 Å². The summed E-state index contributed by atoms with van der Waals surface area (Å²) in [5, 5.41) is 3.47. The molecule has 1 aliphatic rings. The van der Waals surface area contributed by atoms with Crippen LogP contribution in [-0.4, -0.2) is 18.6 Å². The lowest BCUT2D eigenvalue weighted by Gasteiger charge is -2.35. The summed E-state index contributed by atoms with van der Waals surface area (Å²) < 4.78 is 5.11. The number of esters is 1. The zero-order chi connectivity index (χ0) is 15.5. The first kappa shape index (κ1) is 15.7. The molecule has 2 rings (SSSR count). The predicted molar refractivity (Wildman–Crippen MR) is 86.5 cm³/mol. The van der Waals surface area contributed by atoms with Gasteiger partial charge in [-0.1, -0.05) is 19.9 Å². The second-order valence-electron chi connectivity index (χ2n) is 6.57. The molecule has 3 N–H and O–H groups in total. The number of carbonyl (C=O) groups excluding carboxylic acids is 1. The number of benzene rings is 1. The molecule has 0 bridgehead atoms. The smallest absolute Gasteiger partial charge is 0.340 e. The number of para-hydroxylation sites is 1. The number of ether oxygens (including phenoxy) is 1. The van der Waals surface area contributed by atoms with E-state index in [2.05, 4.69) is 19.2 Å². The largest absolute Gasteiger partial charge is 0.462 e. The molecule has 1 saturated carbocycles. The molecule has 1 aliphatic carbocycles. The van der Waals surface area contributed by atoms with E-state index in [4.69, 9.17) is 10.5 Å². The van der Waals surface area contributed by atoms with Crippen molar-refractivity contribution in [3.63, 3.8) is 0 Å². The third kappa shape index (κ3) is 3.90. The zero-order valence-electron chi connectivity index (χ0n) is 13.2. The maximum absolute atomic E-state index is 12.0. The number of rotatable bonds is 4. The molecule has 0 aliphatic heterocycles. The summed E-state index contributed by atoms with van der Waals surface area (Å²) in [7, 11) is 0. The average Bonchev–Trinajstić information content (AvgIpc) is 2.43. The van der Waals surface area contributed by atoms with Gasteiger partial charge in [-0.3, -0.25) is 0 Å². The number of nitrogens with one attached hydrogen (secondary N) is 1. The molecule has 116 valence electrons. The fourth-order valence-electron chi connectivity index (χ4n) is 2.86. The molecule has 21 heavy (non-hydrogen) atoms. The first-order chi connectivity index (χ1) is 9.93. The summed E-state index contributed by atoms with van der Waals surface area (Å²) in [6, 6.07) is 5.74. The van der Waals surface area contributed by atoms with E-state index < -0.39 is 0 Å². The molecule has 0 spiro atoms. The minimum Gasteiger partial charge on any atom is -0.462 e. The molecule has 1 aromatic carbocycles. The van der Waals surface area contributed by atoms with E-state index >= 15 is 0 Å². The Kier molecular flexibility index (Phi) is 4.76. The molecule has 0 atom stereocenters. The third-order valence-electron chi connectivity index (χ3n) is 4.28. The minimum absolute atomic E-state index is 0.316. The number of carbonyl (C=O) groups is 1. The van der Waals surface area contributed by atoms with Gasteiger partial charge in [0.15, 0.2) is 0 Å². The highest BCUT2D eigenvalue weighted by molar-refractivity contribution is 5.98. The van der Waals surface area contributed by atoms with Crippen molar-refractivity contribution in [1.29, 1.82) is 0 Å². The van der Waals surface area contributed by atoms with Crippen LogP contribution in [0.15, 0.2) is 18.2 Å². The van der Waals surface area contributed by atoms with Crippen molar-refractivity contribution in [3.8, 4) is 0 Å². The van der Waals surface area contributed by atoms with Gasteiger partial charge in [0.25, 0.3) is 0 Å². The summed E-state index contributed by atoms with van der Waals surface area (Å²) in [6.45, 7) is 6.79. The fraction of sp³-hybridized carbons (Fsp3) is 0.588. The van der Waals surface area contributed by atoms with Crippen LogP contribution in [0.1, 0.15) is 56.8 Å². The lowest BCUT2D eigenvalue weighted by atomic mass is 9.75. The van der Waals surface area contributed by atoms with Gasteiger partial charge in [0.05, 0.1) is 23.5 Å². The summed E-state index contributed by atoms with van der Waals surface area (Å²) in [6.07, 6.45) is 4.57. The Labute approximate surface area is 127 Å². The summed E-state index contributed by atoms with van der Waals surface area (Å²) in [4.78, 5) is 12.0. The quantitative estimate of drug-likeness (QED) is 0.653. The van der Waals surface area contributed by atoms with E-state index in [1.165, 1.54) is 12.8 Å². The number of nitrogens with two attached hydrogens (primary N) is 1. The SMILES string of the molecule is CCOC(=O)c1cccc(N)c1NC1CCC(C)(C)CC1. The fourth-order valence-corrected chi connectivity index (χ4v) is 2.86. The average molecular weight is 290 g/mol. The number of anilines is 2. The zero-order valence-corrected chi connectivity index (χ0v) is 13.2. The van der Waals surface area contributed by atoms with E-state index in [0.717, 1.165) is 18.5 Å². The first-order valence-corrected chi connectivity index (χ1v) is 7.75. The van der Waals surface area contributed by atoms with Crippen LogP contribution in [0.5, 0.6) is 0 Å². The molecule has 0 saturated heterocycles. The van der Waals surface area contributed by atoms with Crippen LogP contribution in [0.4, 0.5) is 11.4 Å². The van der Waals surface area contributed by atoms with Gasteiger partial charge in [-0.25, -0.2) is 4.79 Å². The molecular weight excluding hydrogens is 264 g/mol. The van der Waals surface area contributed by atoms with Crippen molar-refractivity contribution < 1.29 is 9.53 Å². The van der Waals surface area contributed by atoms with Crippen LogP contribution in [-0.2, 0) is 4.74 Å². The van der Waals surface area contributed by atoms with Crippen molar-refractivity contribution in [3.05, 3.63) is 23.8 Å². The van der Waals surface area contributed by atoms with Crippen molar-refractivity contribution in [1.82, 2.24) is 0 Å². The van der Waals surface area contributed by atoms with Crippen LogP contribution < -0.4 is 11.1 Å². The van der Waals surface area contributed by atoms with Gasteiger partial charge >= 0.3 is 5.97 Å². The molecule has 1 aromatic rings. The normalized spacial score (nSPS) is 18.2. The lowest BCUT2D eigenvalue weighted by Crippen LogP contribution is -2.30. The first-order valence-electron chi connectivity index (χ1n) is 7.75. The Morgan fingerprint density at radius 3 is 2.67 bits per heavy atom. The van der Waals surface area contributed by atoms with E-state index in [1.54, 1.807) is 19.1 Å². The maximum atomic E-state index is 12.0. The Hall–Kier alpha value is -1.71. The van der Waals surface area contributed by atoms with Crippen LogP contribution in [0, 0.1) is 5.41 Å². The van der Waals surface area contributed by atoms with Crippen LogP contribution >= 0.6 is 0 Å². The van der Waals surface area contributed by atoms with Crippen LogP contribution in [0.3, 0.4) is 0 Å². The van der Waals surface area contributed by atoms with E-state index in [0.29, 0.717) is 29.3 Å². The second-order valence-corrected chi connectivity index (χ2v) is 6.57. The van der Waals surface area contributed by atoms with Gasteiger partial charge in [0.2, 0.25) is 0 Å². The maximum Gasteiger partial charge on any atom is 0.340 e. The summed E-state index contributed by atoms with van der Waals surface area (Å²) in [5.41, 5.74) is 8.33. The molecule has 0 amide bonds. The van der Waals surface area contributed by atoms with Crippen molar-refractivity contribution in [2.24, 2.45) is 5.41 Å². The Balaban J connectivity index is 2.14. The second kappa shape index (κ2) is 6.37. The monoisotopic (exact) mass is 290 g/mol. The minimum atomic E-state index is -0.316.